The van der Waals surface area contributed by atoms with Crippen LogP contribution in [0.4, 0.5) is 29.2 Å². The molecule has 1 fully saturated rings. The lowest BCUT2D eigenvalue weighted by molar-refractivity contribution is 0.122. The maximum atomic E-state index is 10.9. The maximum absolute atomic E-state index is 10.9. The zero-order valence-electron chi connectivity index (χ0n) is 19.1. The molecular weight excluding hydrogens is 432 g/mol. The van der Waals surface area contributed by atoms with Gasteiger partial charge in [0.1, 0.15) is 0 Å². The number of nitrogens with one attached hydrogen (secondary N) is 1. The SMILES string of the molecule is CC(C)n1c(O)c(N=Nc2nc(Nc3ccccc3)nc(N3CCOCC3)n2)c2ccccc21. The van der Waals surface area contributed by atoms with Crippen LogP contribution in [0.1, 0.15) is 19.9 Å². The van der Waals surface area contributed by atoms with Gasteiger partial charge in [-0.15, -0.1) is 10.2 Å². The third kappa shape index (κ3) is 4.40. The molecule has 0 unspecified atom stereocenters. The van der Waals surface area contributed by atoms with Gasteiger partial charge in [-0.3, -0.25) is 0 Å². The number of rotatable bonds is 6. The summed E-state index contributed by atoms with van der Waals surface area (Å²) in [6.07, 6.45) is 0. The second-order valence-electron chi connectivity index (χ2n) is 8.20. The Morgan fingerprint density at radius 2 is 1.68 bits per heavy atom. The van der Waals surface area contributed by atoms with E-state index < -0.39 is 0 Å². The number of azo groups is 1. The van der Waals surface area contributed by atoms with Crippen molar-refractivity contribution in [3.05, 3.63) is 54.6 Å². The predicted molar refractivity (Wildman–Crippen MR) is 131 cm³/mol. The minimum atomic E-state index is 0.0561. The van der Waals surface area contributed by atoms with Crippen molar-refractivity contribution in [3.63, 3.8) is 0 Å². The van der Waals surface area contributed by atoms with Gasteiger partial charge in [-0.1, -0.05) is 36.4 Å². The Kier molecular flexibility index (Phi) is 6.05. The first kappa shape index (κ1) is 21.8. The van der Waals surface area contributed by atoms with E-state index in [1.165, 1.54) is 0 Å². The highest BCUT2D eigenvalue weighted by Gasteiger charge is 2.19. The van der Waals surface area contributed by atoms with E-state index in [0.717, 1.165) is 16.6 Å². The molecule has 2 aromatic heterocycles. The molecule has 0 bridgehead atoms. The lowest BCUT2D eigenvalue weighted by atomic mass is 10.2. The lowest BCUT2D eigenvalue weighted by Gasteiger charge is -2.26. The molecule has 174 valence electrons. The van der Waals surface area contributed by atoms with E-state index in [1.54, 1.807) is 0 Å². The molecule has 0 saturated carbocycles. The first-order chi connectivity index (χ1) is 16.6. The summed E-state index contributed by atoms with van der Waals surface area (Å²) in [6.45, 7) is 6.57. The first-order valence-electron chi connectivity index (χ1n) is 11.2. The van der Waals surface area contributed by atoms with Crippen molar-refractivity contribution in [3.8, 4) is 5.88 Å². The van der Waals surface area contributed by atoms with Gasteiger partial charge in [-0.25, -0.2) is 0 Å². The quantitative estimate of drug-likeness (QED) is 0.386. The van der Waals surface area contributed by atoms with Crippen molar-refractivity contribution in [1.29, 1.82) is 0 Å². The van der Waals surface area contributed by atoms with Crippen LogP contribution >= 0.6 is 0 Å². The van der Waals surface area contributed by atoms with Crippen molar-refractivity contribution in [1.82, 2.24) is 19.5 Å². The highest BCUT2D eigenvalue weighted by atomic mass is 16.5. The highest BCUT2D eigenvalue weighted by Crippen LogP contribution is 2.41. The van der Waals surface area contributed by atoms with Crippen LogP contribution in [0.5, 0.6) is 5.88 Å². The fourth-order valence-electron chi connectivity index (χ4n) is 3.96. The third-order valence-electron chi connectivity index (χ3n) is 5.55. The van der Waals surface area contributed by atoms with E-state index in [2.05, 4.69) is 30.5 Å². The lowest BCUT2D eigenvalue weighted by Crippen LogP contribution is -2.37. The molecule has 5 rings (SSSR count). The third-order valence-corrected chi connectivity index (χ3v) is 5.55. The fraction of sp³-hybridized carbons (Fsp3) is 0.292. The molecule has 1 saturated heterocycles. The van der Waals surface area contributed by atoms with E-state index in [4.69, 9.17) is 4.74 Å². The van der Waals surface area contributed by atoms with E-state index in [-0.39, 0.29) is 17.9 Å². The number of nitrogens with zero attached hydrogens (tertiary/aromatic N) is 7. The number of aromatic nitrogens is 4. The molecule has 34 heavy (non-hydrogen) atoms. The number of ether oxygens (including phenoxy) is 1. The standard InChI is InChI=1S/C24H26N8O2/c1-16(2)32-19-11-7-6-10-18(19)20(21(32)33)29-30-23-26-22(25-17-8-4-3-5-9-17)27-24(28-23)31-12-14-34-15-13-31/h3-11,16,33H,12-15H2,1-2H3,(H,25,26,27,28). The van der Waals surface area contributed by atoms with Crippen LogP contribution < -0.4 is 10.2 Å². The second kappa shape index (κ2) is 9.44. The maximum Gasteiger partial charge on any atom is 0.275 e. The Morgan fingerprint density at radius 1 is 0.941 bits per heavy atom. The zero-order chi connectivity index (χ0) is 23.5. The summed E-state index contributed by atoms with van der Waals surface area (Å²) in [6, 6.07) is 17.4. The number of hydrogen-bond donors (Lipinski definition) is 2. The van der Waals surface area contributed by atoms with Gasteiger partial charge in [0.2, 0.25) is 17.8 Å². The number of aromatic hydroxyl groups is 1. The molecule has 10 nitrogen and oxygen atoms in total. The van der Waals surface area contributed by atoms with Gasteiger partial charge in [0.25, 0.3) is 5.95 Å². The zero-order valence-corrected chi connectivity index (χ0v) is 19.1. The minimum Gasteiger partial charge on any atom is -0.493 e. The van der Waals surface area contributed by atoms with Crippen molar-refractivity contribution in [2.75, 3.05) is 36.5 Å². The van der Waals surface area contributed by atoms with Crippen molar-refractivity contribution in [2.45, 2.75) is 19.9 Å². The van der Waals surface area contributed by atoms with Gasteiger partial charge in [-0.05, 0) is 32.0 Å². The second-order valence-corrected chi connectivity index (χ2v) is 8.20. The van der Waals surface area contributed by atoms with Gasteiger partial charge in [-0.2, -0.15) is 15.0 Å². The molecule has 4 aromatic rings. The number of morpholine rings is 1. The number of para-hydroxylation sites is 2. The van der Waals surface area contributed by atoms with Crippen LogP contribution in [0.2, 0.25) is 0 Å². The molecule has 0 radical (unpaired) electrons. The topological polar surface area (TPSA) is 113 Å². The summed E-state index contributed by atoms with van der Waals surface area (Å²) >= 11 is 0. The monoisotopic (exact) mass is 458 g/mol. The molecule has 2 aromatic carbocycles. The number of anilines is 3. The first-order valence-corrected chi connectivity index (χ1v) is 11.2. The van der Waals surface area contributed by atoms with E-state index >= 15 is 0 Å². The molecule has 1 aliphatic heterocycles. The smallest absolute Gasteiger partial charge is 0.275 e. The summed E-state index contributed by atoms with van der Waals surface area (Å²) in [7, 11) is 0. The number of fused-ring (bicyclic) bond motifs is 1. The fourth-order valence-corrected chi connectivity index (χ4v) is 3.96. The Labute approximate surface area is 197 Å². The van der Waals surface area contributed by atoms with Gasteiger partial charge in [0, 0.05) is 30.2 Å². The molecule has 10 heteroatoms. The van der Waals surface area contributed by atoms with Crippen LogP contribution in [0.3, 0.4) is 0 Å². The van der Waals surface area contributed by atoms with E-state index in [0.29, 0.717) is 43.9 Å². The molecule has 0 spiro atoms. The van der Waals surface area contributed by atoms with Crippen molar-refractivity contribution < 1.29 is 9.84 Å². The van der Waals surface area contributed by atoms with Crippen LogP contribution in [-0.2, 0) is 4.74 Å². The van der Waals surface area contributed by atoms with Gasteiger partial charge >= 0.3 is 0 Å². The summed E-state index contributed by atoms with van der Waals surface area (Å²) < 4.78 is 7.29. The van der Waals surface area contributed by atoms with Gasteiger partial charge < -0.3 is 24.6 Å². The molecule has 0 amide bonds. The predicted octanol–water partition coefficient (Wildman–Crippen LogP) is 5.11. The molecular formula is C24H26N8O2. The Bertz CT molecular complexity index is 1310. The molecule has 0 aliphatic carbocycles. The van der Waals surface area contributed by atoms with Crippen molar-refractivity contribution in [2.24, 2.45) is 10.2 Å². The van der Waals surface area contributed by atoms with Gasteiger partial charge in [0.15, 0.2) is 5.69 Å². The average molecular weight is 459 g/mol. The van der Waals surface area contributed by atoms with Crippen LogP contribution in [0, 0.1) is 0 Å². The largest absolute Gasteiger partial charge is 0.493 e. The van der Waals surface area contributed by atoms with E-state index in [9.17, 15) is 5.11 Å². The normalized spacial score (nSPS) is 14.4. The molecule has 2 N–H and O–H groups in total. The Morgan fingerprint density at radius 3 is 2.44 bits per heavy atom. The summed E-state index contributed by atoms with van der Waals surface area (Å²) in [5.41, 5.74) is 2.12. The van der Waals surface area contributed by atoms with Crippen LogP contribution in [0.25, 0.3) is 10.9 Å². The molecule has 1 aliphatic rings. The van der Waals surface area contributed by atoms with Gasteiger partial charge in [0.05, 0.1) is 18.7 Å². The summed E-state index contributed by atoms with van der Waals surface area (Å²) in [4.78, 5) is 15.6. The summed E-state index contributed by atoms with van der Waals surface area (Å²) in [5.74, 6) is 1.07. The number of benzene rings is 2. The molecule has 3 heterocycles. The Balaban J connectivity index is 1.54. The van der Waals surface area contributed by atoms with Crippen LogP contribution in [0.15, 0.2) is 64.8 Å². The number of hydrogen-bond acceptors (Lipinski definition) is 9. The Hall–Kier alpha value is -4.05. The van der Waals surface area contributed by atoms with Crippen LogP contribution in [-0.4, -0.2) is 50.9 Å². The average Bonchev–Trinajstić information content (AvgIpc) is 3.15. The van der Waals surface area contributed by atoms with Crippen molar-refractivity contribution >= 4 is 40.1 Å². The van der Waals surface area contributed by atoms with E-state index in [1.807, 2.05) is 77.9 Å². The summed E-state index contributed by atoms with van der Waals surface area (Å²) in [5, 5.41) is 23.6. The highest BCUT2D eigenvalue weighted by molar-refractivity contribution is 5.95. The molecule has 0 atom stereocenters. The minimum absolute atomic E-state index is 0.0561.